The maximum absolute atomic E-state index is 11.4. The van der Waals surface area contributed by atoms with Crippen molar-refractivity contribution in [1.29, 1.82) is 0 Å². The molecule has 0 atom stereocenters. The van der Waals surface area contributed by atoms with Gasteiger partial charge in [0.05, 0.1) is 12.7 Å². The molecule has 2 rings (SSSR count). The summed E-state index contributed by atoms with van der Waals surface area (Å²) in [6, 6.07) is 11.3. The van der Waals surface area contributed by atoms with Crippen molar-refractivity contribution < 1.29 is 9.53 Å². The van der Waals surface area contributed by atoms with Crippen molar-refractivity contribution in [2.24, 2.45) is 0 Å². The minimum absolute atomic E-state index is 0.372. The van der Waals surface area contributed by atoms with Gasteiger partial charge in [0.25, 0.3) is 0 Å². The molecule has 0 aliphatic heterocycles. The van der Waals surface area contributed by atoms with Crippen molar-refractivity contribution in [2.45, 2.75) is 4.90 Å². The van der Waals surface area contributed by atoms with Crippen LogP contribution in [0.15, 0.2) is 47.5 Å². The van der Waals surface area contributed by atoms with Crippen LogP contribution < -0.4 is 5.32 Å². The molecule has 0 saturated carbocycles. The Balaban J connectivity index is 2.16. The summed E-state index contributed by atoms with van der Waals surface area (Å²) in [5, 5.41) is 3.15. The van der Waals surface area contributed by atoms with E-state index in [4.69, 9.17) is 0 Å². The lowest BCUT2D eigenvalue weighted by Gasteiger charge is -2.07. The normalized spacial score (nSPS) is 10.0. The number of esters is 1. The second-order valence-corrected chi connectivity index (χ2v) is 4.65. The largest absolute Gasteiger partial charge is 0.465 e. The van der Waals surface area contributed by atoms with Crippen LogP contribution in [0.3, 0.4) is 0 Å². The highest BCUT2D eigenvalue weighted by atomic mass is 32.2. The molecule has 1 aromatic carbocycles. The van der Waals surface area contributed by atoms with E-state index in [2.05, 4.69) is 15.0 Å². The number of hydrogen-bond donors (Lipinski definition) is 1. The number of nitrogens with one attached hydrogen (secondary N) is 1. The number of anilines is 2. The summed E-state index contributed by atoms with van der Waals surface area (Å²) in [6.45, 7) is 0. The first-order chi connectivity index (χ1) is 9.22. The van der Waals surface area contributed by atoms with Crippen LogP contribution in [-0.4, -0.2) is 24.3 Å². The van der Waals surface area contributed by atoms with Crippen molar-refractivity contribution >= 4 is 29.2 Å². The third-order valence-electron chi connectivity index (χ3n) is 2.54. The Morgan fingerprint density at radius 1 is 1.26 bits per heavy atom. The van der Waals surface area contributed by atoms with Gasteiger partial charge in [-0.05, 0) is 42.7 Å². The fourth-order valence-electron chi connectivity index (χ4n) is 1.57. The molecule has 0 bridgehead atoms. The minimum atomic E-state index is -0.372. The van der Waals surface area contributed by atoms with E-state index in [-0.39, 0.29) is 5.97 Å². The SMILES string of the molecule is COC(=O)c1ccnc(Nc2ccc(SC)cc2)c1. The minimum Gasteiger partial charge on any atom is -0.465 e. The molecule has 0 aliphatic rings. The summed E-state index contributed by atoms with van der Waals surface area (Å²) < 4.78 is 4.67. The average Bonchev–Trinajstić information content (AvgIpc) is 2.47. The molecule has 4 nitrogen and oxygen atoms in total. The van der Waals surface area contributed by atoms with Gasteiger partial charge in [0.1, 0.15) is 5.82 Å². The van der Waals surface area contributed by atoms with E-state index in [1.165, 1.54) is 12.0 Å². The molecule has 1 aromatic heterocycles. The molecule has 1 heterocycles. The second kappa shape index (κ2) is 6.24. The molecule has 0 amide bonds. The molecule has 0 spiro atoms. The first kappa shape index (κ1) is 13.4. The number of aromatic nitrogens is 1. The number of ether oxygens (including phenoxy) is 1. The zero-order chi connectivity index (χ0) is 13.7. The first-order valence-corrected chi connectivity index (χ1v) is 6.91. The zero-order valence-electron chi connectivity index (χ0n) is 10.7. The van der Waals surface area contributed by atoms with Crippen LogP contribution >= 0.6 is 11.8 Å². The van der Waals surface area contributed by atoms with Crippen LogP contribution in [0.25, 0.3) is 0 Å². The molecule has 1 N–H and O–H groups in total. The van der Waals surface area contributed by atoms with Crippen LogP contribution in [-0.2, 0) is 4.74 Å². The summed E-state index contributed by atoms with van der Waals surface area (Å²) in [6.07, 6.45) is 3.61. The number of nitrogens with zero attached hydrogens (tertiary/aromatic N) is 1. The van der Waals surface area contributed by atoms with Crippen LogP contribution in [0, 0.1) is 0 Å². The predicted molar refractivity (Wildman–Crippen MR) is 77.1 cm³/mol. The molecule has 5 heteroatoms. The molecular formula is C14H14N2O2S. The molecule has 2 aromatic rings. The van der Waals surface area contributed by atoms with Gasteiger partial charge in [0.15, 0.2) is 0 Å². The lowest BCUT2D eigenvalue weighted by molar-refractivity contribution is 0.0600. The monoisotopic (exact) mass is 274 g/mol. The molecule has 0 radical (unpaired) electrons. The molecule has 0 fully saturated rings. The van der Waals surface area contributed by atoms with E-state index in [0.29, 0.717) is 11.4 Å². The van der Waals surface area contributed by atoms with Gasteiger partial charge in [-0.2, -0.15) is 0 Å². The Bertz CT molecular complexity index is 570. The fraction of sp³-hybridized carbons (Fsp3) is 0.143. The van der Waals surface area contributed by atoms with Gasteiger partial charge in [-0.25, -0.2) is 9.78 Å². The standard InChI is InChI=1S/C14H14N2O2S/c1-18-14(17)10-7-8-15-13(9-10)16-11-3-5-12(19-2)6-4-11/h3-9H,1-2H3,(H,15,16). The summed E-state index contributed by atoms with van der Waals surface area (Å²) in [5.41, 5.74) is 1.40. The molecule has 19 heavy (non-hydrogen) atoms. The Kier molecular flexibility index (Phi) is 4.41. The highest BCUT2D eigenvalue weighted by Crippen LogP contribution is 2.20. The van der Waals surface area contributed by atoms with E-state index < -0.39 is 0 Å². The van der Waals surface area contributed by atoms with E-state index in [0.717, 1.165) is 5.69 Å². The Hall–Kier alpha value is -2.01. The fourth-order valence-corrected chi connectivity index (χ4v) is 1.97. The molecule has 0 saturated heterocycles. The Morgan fingerprint density at radius 2 is 2.00 bits per heavy atom. The lowest BCUT2D eigenvalue weighted by Crippen LogP contribution is -2.02. The number of carbonyl (C=O) groups excluding carboxylic acids is 1. The maximum Gasteiger partial charge on any atom is 0.338 e. The number of pyridine rings is 1. The number of carbonyl (C=O) groups is 1. The van der Waals surface area contributed by atoms with Gasteiger partial charge in [-0.15, -0.1) is 11.8 Å². The topological polar surface area (TPSA) is 51.2 Å². The Morgan fingerprint density at radius 3 is 2.63 bits per heavy atom. The summed E-state index contributed by atoms with van der Waals surface area (Å²) in [7, 11) is 1.36. The Labute approximate surface area is 116 Å². The van der Waals surface area contributed by atoms with Crippen molar-refractivity contribution in [2.75, 3.05) is 18.7 Å². The van der Waals surface area contributed by atoms with Crippen LogP contribution in [0.1, 0.15) is 10.4 Å². The van der Waals surface area contributed by atoms with Crippen molar-refractivity contribution in [3.8, 4) is 0 Å². The van der Waals surface area contributed by atoms with Gasteiger partial charge < -0.3 is 10.1 Å². The highest BCUT2D eigenvalue weighted by Gasteiger charge is 2.06. The van der Waals surface area contributed by atoms with Crippen LogP contribution in [0.2, 0.25) is 0 Å². The van der Waals surface area contributed by atoms with E-state index >= 15 is 0 Å². The van der Waals surface area contributed by atoms with E-state index in [1.807, 2.05) is 30.5 Å². The van der Waals surface area contributed by atoms with Crippen molar-refractivity contribution in [3.63, 3.8) is 0 Å². The van der Waals surface area contributed by atoms with Gasteiger partial charge in [-0.1, -0.05) is 0 Å². The van der Waals surface area contributed by atoms with E-state index in [9.17, 15) is 4.79 Å². The zero-order valence-corrected chi connectivity index (χ0v) is 11.5. The number of rotatable bonds is 4. The maximum atomic E-state index is 11.4. The van der Waals surface area contributed by atoms with Crippen molar-refractivity contribution in [1.82, 2.24) is 4.98 Å². The molecule has 98 valence electrons. The number of methoxy groups -OCH3 is 1. The average molecular weight is 274 g/mol. The van der Waals surface area contributed by atoms with Gasteiger partial charge in [0, 0.05) is 16.8 Å². The summed E-state index contributed by atoms with van der Waals surface area (Å²) in [5.74, 6) is 0.239. The number of benzene rings is 1. The quantitative estimate of drug-likeness (QED) is 0.684. The van der Waals surface area contributed by atoms with Gasteiger partial charge in [0.2, 0.25) is 0 Å². The molecular weight excluding hydrogens is 260 g/mol. The van der Waals surface area contributed by atoms with Gasteiger partial charge in [-0.3, -0.25) is 0 Å². The number of thioether (sulfide) groups is 1. The van der Waals surface area contributed by atoms with E-state index in [1.54, 1.807) is 30.1 Å². The molecule has 0 unspecified atom stereocenters. The summed E-state index contributed by atoms with van der Waals surface area (Å²) in [4.78, 5) is 16.8. The van der Waals surface area contributed by atoms with Crippen LogP contribution in [0.4, 0.5) is 11.5 Å². The van der Waals surface area contributed by atoms with Crippen LogP contribution in [0.5, 0.6) is 0 Å². The second-order valence-electron chi connectivity index (χ2n) is 3.77. The predicted octanol–water partition coefficient (Wildman–Crippen LogP) is 3.33. The smallest absolute Gasteiger partial charge is 0.338 e. The summed E-state index contributed by atoms with van der Waals surface area (Å²) >= 11 is 1.69. The third-order valence-corrected chi connectivity index (χ3v) is 3.29. The molecule has 0 aliphatic carbocycles. The third kappa shape index (κ3) is 3.48. The van der Waals surface area contributed by atoms with Gasteiger partial charge >= 0.3 is 5.97 Å². The van der Waals surface area contributed by atoms with Crippen molar-refractivity contribution in [3.05, 3.63) is 48.2 Å². The highest BCUT2D eigenvalue weighted by molar-refractivity contribution is 7.98. The first-order valence-electron chi connectivity index (χ1n) is 5.68. The lowest BCUT2D eigenvalue weighted by atomic mass is 10.2. The number of hydrogen-bond acceptors (Lipinski definition) is 5.